The van der Waals surface area contributed by atoms with Gasteiger partial charge in [0.1, 0.15) is 5.75 Å². The van der Waals surface area contributed by atoms with Crippen LogP contribution in [0.3, 0.4) is 0 Å². The second kappa shape index (κ2) is 8.50. The monoisotopic (exact) mass is 329 g/mol. The molecule has 0 N–H and O–H groups in total. The lowest BCUT2D eigenvalue weighted by molar-refractivity contribution is 0.136. The molecule has 0 bridgehead atoms. The largest absolute Gasteiger partial charge is 0.496 e. The van der Waals surface area contributed by atoms with E-state index in [0.29, 0.717) is 0 Å². The first-order valence-electron chi connectivity index (χ1n) is 9.05. The van der Waals surface area contributed by atoms with E-state index in [0.717, 1.165) is 57.9 Å². The molecule has 0 radical (unpaired) electrons. The maximum atomic E-state index is 9.40. The van der Waals surface area contributed by atoms with Crippen LogP contribution in [0.15, 0.2) is 18.2 Å². The Morgan fingerprint density at radius 1 is 1.33 bits per heavy atom. The molecule has 1 fully saturated rings. The molecule has 0 aromatic heterocycles. The summed E-state index contributed by atoms with van der Waals surface area (Å²) in [6.07, 6.45) is 2.11. The van der Waals surface area contributed by atoms with Crippen molar-refractivity contribution in [2.45, 2.75) is 46.7 Å². The molecule has 0 spiro atoms. The summed E-state index contributed by atoms with van der Waals surface area (Å²) < 4.78 is 5.55. The Labute approximate surface area is 147 Å². The summed E-state index contributed by atoms with van der Waals surface area (Å²) in [4.78, 5) is 4.81. The highest BCUT2D eigenvalue weighted by atomic mass is 16.5. The van der Waals surface area contributed by atoms with Crippen molar-refractivity contribution in [2.24, 2.45) is 5.41 Å². The van der Waals surface area contributed by atoms with Crippen molar-refractivity contribution >= 4 is 0 Å². The second-order valence-electron chi connectivity index (χ2n) is 7.09. The number of benzene rings is 1. The van der Waals surface area contributed by atoms with Crippen LogP contribution >= 0.6 is 0 Å². The topological polar surface area (TPSA) is 39.5 Å². The Morgan fingerprint density at radius 2 is 2.08 bits per heavy atom. The third-order valence-electron chi connectivity index (χ3n) is 5.08. The van der Waals surface area contributed by atoms with Crippen molar-refractivity contribution < 1.29 is 4.74 Å². The van der Waals surface area contributed by atoms with Gasteiger partial charge in [0.15, 0.2) is 0 Å². The molecular formula is C20H31N3O. The summed E-state index contributed by atoms with van der Waals surface area (Å²) in [6.45, 7) is 12.3. The highest BCUT2D eigenvalue weighted by Gasteiger charge is 2.30. The third-order valence-corrected chi connectivity index (χ3v) is 5.08. The van der Waals surface area contributed by atoms with E-state index in [4.69, 9.17) is 4.74 Å². The minimum atomic E-state index is -0.200. The Balaban J connectivity index is 2.12. The molecule has 1 aromatic rings. The number of hydrogen-bond acceptors (Lipinski definition) is 4. The second-order valence-corrected chi connectivity index (χ2v) is 7.09. The minimum absolute atomic E-state index is 0.200. The predicted octanol–water partition coefficient (Wildman–Crippen LogP) is 3.66. The Morgan fingerprint density at radius 3 is 2.71 bits per heavy atom. The van der Waals surface area contributed by atoms with Crippen molar-refractivity contribution in [2.75, 3.05) is 33.3 Å². The Kier molecular flexibility index (Phi) is 6.65. The number of nitriles is 1. The van der Waals surface area contributed by atoms with Crippen molar-refractivity contribution in [3.05, 3.63) is 29.3 Å². The van der Waals surface area contributed by atoms with Crippen LogP contribution in [-0.2, 0) is 13.1 Å². The van der Waals surface area contributed by atoms with Gasteiger partial charge in [0.25, 0.3) is 0 Å². The summed E-state index contributed by atoms with van der Waals surface area (Å²) in [7, 11) is 1.74. The first-order chi connectivity index (χ1) is 11.5. The van der Waals surface area contributed by atoms with E-state index in [2.05, 4.69) is 54.8 Å². The number of hydrogen-bond donors (Lipinski definition) is 0. The standard InChI is InChI=1S/C20H31N3O/c1-5-22(6-2)14-18-12-17(8-9-19(18)24-4)13-23-11-7-10-20(3,15-21)16-23/h8-9,12H,5-7,10-11,13-14,16H2,1-4H3/t20-/m0/s1. The molecule has 0 amide bonds. The molecule has 1 atom stereocenters. The predicted molar refractivity (Wildman–Crippen MR) is 97.9 cm³/mol. The molecule has 132 valence electrons. The van der Waals surface area contributed by atoms with Crippen LogP contribution in [0.4, 0.5) is 0 Å². The molecule has 1 aromatic carbocycles. The molecule has 2 rings (SSSR count). The zero-order valence-electron chi connectivity index (χ0n) is 15.6. The maximum absolute atomic E-state index is 9.40. The summed E-state index contributed by atoms with van der Waals surface area (Å²) in [5, 5.41) is 9.40. The number of likely N-dealkylation sites (tertiary alicyclic amines) is 1. The lowest BCUT2D eigenvalue weighted by Gasteiger charge is -2.36. The van der Waals surface area contributed by atoms with Gasteiger partial charge in [-0.1, -0.05) is 19.9 Å². The average molecular weight is 329 g/mol. The molecule has 0 aliphatic carbocycles. The van der Waals surface area contributed by atoms with Crippen molar-refractivity contribution in [3.8, 4) is 11.8 Å². The molecule has 1 saturated heterocycles. The van der Waals surface area contributed by atoms with Crippen molar-refractivity contribution in [1.82, 2.24) is 9.80 Å². The van der Waals surface area contributed by atoms with Crippen LogP contribution in [0.5, 0.6) is 5.75 Å². The molecule has 4 nitrogen and oxygen atoms in total. The first kappa shape index (κ1) is 18.8. The van der Waals surface area contributed by atoms with E-state index < -0.39 is 0 Å². The highest BCUT2D eigenvalue weighted by Crippen LogP contribution is 2.30. The fourth-order valence-electron chi connectivity index (χ4n) is 3.57. The van der Waals surface area contributed by atoms with Gasteiger partial charge in [-0.15, -0.1) is 0 Å². The zero-order valence-corrected chi connectivity index (χ0v) is 15.6. The van der Waals surface area contributed by atoms with Gasteiger partial charge in [-0.3, -0.25) is 9.80 Å². The van der Waals surface area contributed by atoms with E-state index in [-0.39, 0.29) is 5.41 Å². The number of ether oxygens (including phenoxy) is 1. The van der Waals surface area contributed by atoms with Crippen LogP contribution in [0, 0.1) is 16.7 Å². The number of rotatable bonds is 7. The summed E-state index contributed by atoms with van der Waals surface area (Å²) in [5.74, 6) is 0.964. The van der Waals surface area contributed by atoms with Gasteiger partial charge < -0.3 is 4.74 Å². The Hall–Kier alpha value is -1.57. The number of nitrogens with zero attached hydrogens (tertiary/aromatic N) is 3. The summed E-state index contributed by atoms with van der Waals surface area (Å²) in [6, 6.07) is 9.01. The van der Waals surface area contributed by atoms with Gasteiger partial charge >= 0.3 is 0 Å². The smallest absolute Gasteiger partial charge is 0.123 e. The van der Waals surface area contributed by atoms with Gasteiger partial charge in [-0.05, 0) is 57.1 Å². The van der Waals surface area contributed by atoms with E-state index >= 15 is 0 Å². The SMILES string of the molecule is CCN(CC)Cc1cc(CN2CCC[C@@](C)(C#N)C2)ccc1OC. The van der Waals surface area contributed by atoms with Crippen LogP contribution in [0.25, 0.3) is 0 Å². The summed E-state index contributed by atoms with van der Waals surface area (Å²) >= 11 is 0. The van der Waals surface area contributed by atoms with Crippen molar-refractivity contribution in [3.63, 3.8) is 0 Å². The van der Waals surface area contributed by atoms with E-state index in [1.165, 1.54) is 11.1 Å². The first-order valence-corrected chi connectivity index (χ1v) is 9.05. The average Bonchev–Trinajstić information content (AvgIpc) is 2.60. The molecule has 4 heteroatoms. The fourth-order valence-corrected chi connectivity index (χ4v) is 3.57. The number of piperidine rings is 1. The molecule has 1 heterocycles. The van der Waals surface area contributed by atoms with Gasteiger partial charge in [-0.25, -0.2) is 0 Å². The van der Waals surface area contributed by atoms with Crippen LogP contribution in [0.2, 0.25) is 0 Å². The van der Waals surface area contributed by atoms with Crippen molar-refractivity contribution in [1.29, 1.82) is 5.26 Å². The molecule has 24 heavy (non-hydrogen) atoms. The lowest BCUT2D eigenvalue weighted by Crippen LogP contribution is -2.40. The van der Waals surface area contributed by atoms with Gasteiger partial charge in [0.2, 0.25) is 0 Å². The molecule has 1 aliphatic rings. The van der Waals surface area contributed by atoms with E-state index in [9.17, 15) is 5.26 Å². The highest BCUT2D eigenvalue weighted by molar-refractivity contribution is 5.37. The quantitative estimate of drug-likeness (QED) is 0.765. The summed E-state index contributed by atoms with van der Waals surface area (Å²) in [5.41, 5.74) is 2.35. The normalized spacial score (nSPS) is 21.7. The van der Waals surface area contributed by atoms with Crippen LogP contribution < -0.4 is 4.74 Å². The maximum Gasteiger partial charge on any atom is 0.123 e. The molecule has 0 unspecified atom stereocenters. The zero-order chi connectivity index (χ0) is 17.6. The minimum Gasteiger partial charge on any atom is -0.496 e. The third kappa shape index (κ3) is 4.72. The molecular weight excluding hydrogens is 298 g/mol. The van der Waals surface area contributed by atoms with Gasteiger partial charge in [0.05, 0.1) is 18.6 Å². The lowest BCUT2D eigenvalue weighted by atomic mass is 9.83. The van der Waals surface area contributed by atoms with E-state index in [1.54, 1.807) is 7.11 Å². The Bertz CT molecular complexity index is 577. The van der Waals surface area contributed by atoms with Crippen LogP contribution in [0.1, 0.15) is 44.7 Å². The fraction of sp³-hybridized carbons (Fsp3) is 0.650. The number of methoxy groups -OCH3 is 1. The van der Waals surface area contributed by atoms with E-state index in [1.807, 2.05) is 0 Å². The van der Waals surface area contributed by atoms with Crippen LogP contribution in [-0.4, -0.2) is 43.1 Å². The molecule has 0 saturated carbocycles. The van der Waals surface area contributed by atoms with Gasteiger partial charge in [-0.2, -0.15) is 5.26 Å². The van der Waals surface area contributed by atoms with Gasteiger partial charge in [0, 0.05) is 25.2 Å². The molecule has 1 aliphatic heterocycles.